The molecule has 112 valence electrons. The van der Waals surface area contributed by atoms with Crippen molar-refractivity contribution in [2.45, 2.75) is 26.2 Å². The van der Waals surface area contributed by atoms with Gasteiger partial charge >= 0.3 is 18.9 Å². The summed E-state index contributed by atoms with van der Waals surface area (Å²) < 4.78 is 0. The molecule has 0 unspecified atom stereocenters. The standard InChI is InChI=1S/C21H22P.Li/c1-21(2,3)17-14-15-20(16-17)22(18-10-6-4-7-11-18)19-12-8-5-9-13-19;/h4-16H,1-3H3;/q-1;+1. The molecule has 0 aliphatic heterocycles. The summed E-state index contributed by atoms with van der Waals surface area (Å²) >= 11 is 0. The van der Waals surface area contributed by atoms with Crippen LogP contribution in [0.4, 0.5) is 0 Å². The van der Waals surface area contributed by atoms with E-state index in [-0.39, 0.29) is 24.3 Å². The van der Waals surface area contributed by atoms with E-state index in [9.17, 15) is 0 Å². The molecule has 0 N–H and O–H groups in total. The van der Waals surface area contributed by atoms with Crippen LogP contribution in [0, 0.1) is 0 Å². The summed E-state index contributed by atoms with van der Waals surface area (Å²) in [6.45, 7) is 6.83. The van der Waals surface area contributed by atoms with Gasteiger partial charge in [0.1, 0.15) is 0 Å². The van der Waals surface area contributed by atoms with E-state index >= 15 is 0 Å². The van der Waals surface area contributed by atoms with E-state index in [1.165, 1.54) is 21.5 Å². The van der Waals surface area contributed by atoms with Gasteiger partial charge in [-0.1, -0.05) is 94.8 Å². The van der Waals surface area contributed by atoms with E-state index in [1.54, 1.807) is 0 Å². The van der Waals surface area contributed by atoms with Gasteiger partial charge in [-0.25, -0.2) is 6.07 Å². The number of benzene rings is 2. The van der Waals surface area contributed by atoms with Crippen molar-refractivity contribution in [3.63, 3.8) is 0 Å². The van der Waals surface area contributed by atoms with Crippen LogP contribution in [-0.4, -0.2) is 0 Å². The molecule has 0 amide bonds. The number of hydrogen-bond donors (Lipinski definition) is 0. The molecule has 23 heavy (non-hydrogen) atoms. The second kappa shape index (κ2) is 7.59. The van der Waals surface area contributed by atoms with Crippen LogP contribution in [0.2, 0.25) is 0 Å². The zero-order chi connectivity index (χ0) is 15.6. The van der Waals surface area contributed by atoms with E-state index in [0.717, 1.165) is 0 Å². The Balaban J connectivity index is 0.00000192. The molecule has 0 atom stereocenters. The molecule has 0 spiro atoms. The Bertz CT molecular complexity index is 684. The first-order valence-electron chi connectivity index (χ1n) is 7.73. The third-order valence-electron chi connectivity index (χ3n) is 3.89. The van der Waals surface area contributed by atoms with E-state index in [4.69, 9.17) is 0 Å². The molecule has 0 aliphatic carbocycles. The van der Waals surface area contributed by atoms with Crippen LogP contribution in [0.25, 0.3) is 0 Å². The summed E-state index contributed by atoms with van der Waals surface area (Å²) in [6, 6.07) is 28.7. The molecule has 0 aliphatic rings. The molecular weight excluding hydrogens is 290 g/mol. The van der Waals surface area contributed by atoms with Crippen molar-refractivity contribution >= 4 is 23.8 Å². The average molecular weight is 312 g/mol. The third-order valence-corrected chi connectivity index (χ3v) is 6.31. The Hall–Kier alpha value is -1.18. The molecule has 0 aromatic heterocycles. The van der Waals surface area contributed by atoms with Gasteiger partial charge in [0.05, 0.1) is 0 Å². The van der Waals surface area contributed by atoms with Gasteiger partial charge in [-0.15, -0.1) is 5.30 Å². The Kier molecular flexibility index (Phi) is 5.99. The molecule has 3 aromatic rings. The van der Waals surface area contributed by atoms with Crippen LogP contribution in [-0.2, 0) is 5.41 Å². The minimum Gasteiger partial charge on any atom is -0.209 e. The second-order valence-corrected chi connectivity index (χ2v) is 8.83. The van der Waals surface area contributed by atoms with Crippen LogP contribution in [0.3, 0.4) is 0 Å². The zero-order valence-electron chi connectivity index (χ0n) is 14.5. The van der Waals surface area contributed by atoms with Crippen molar-refractivity contribution in [2.24, 2.45) is 0 Å². The van der Waals surface area contributed by atoms with Crippen LogP contribution in [0.15, 0.2) is 78.9 Å². The van der Waals surface area contributed by atoms with Crippen molar-refractivity contribution in [3.8, 4) is 0 Å². The number of hydrogen-bond acceptors (Lipinski definition) is 0. The van der Waals surface area contributed by atoms with Gasteiger partial charge in [-0.2, -0.15) is 17.7 Å². The molecule has 0 saturated carbocycles. The SMILES string of the molecule is CC(C)(C)c1cc[c-](P(c2ccccc2)c2ccccc2)c1.[Li+]. The van der Waals surface area contributed by atoms with Crippen LogP contribution in [0.5, 0.6) is 0 Å². The Morgan fingerprint density at radius 2 is 1.22 bits per heavy atom. The predicted molar refractivity (Wildman–Crippen MR) is 99.4 cm³/mol. The Morgan fingerprint density at radius 3 is 1.61 bits per heavy atom. The fraction of sp³-hybridized carbons (Fsp3) is 0.190. The van der Waals surface area contributed by atoms with Gasteiger partial charge in [-0.3, -0.25) is 0 Å². The molecule has 0 heterocycles. The fourth-order valence-corrected chi connectivity index (χ4v) is 4.96. The van der Waals surface area contributed by atoms with Gasteiger partial charge in [0.25, 0.3) is 0 Å². The average Bonchev–Trinajstić information content (AvgIpc) is 2.99. The summed E-state index contributed by atoms with van der Waals surface area (Å²) in [5, 5.41) is 4.27. The van der Waals surface area contributed by atoms with Gasteiger partial charge < -0.3 is 0 Å². The van der Waals surface area contributed by atoms with Crippen molar-refractivity contribution in [1.82, 2.24) is 0 Å². The quantitative estimate of drug-likeness (QED) is 0.390. The summed E-state index contributed by atoms with van der Waals surface area (Å²) in [7, 11) is -0.472. The molecule has 0 saturated heterocycles. The maximum Gasteiger partial charge on any atom is 1.00 e. The van der Waals surface area contributed by atoms with Gasteiger partial charge in [0, 0.05) is 0 Å². The molecule has 3 aromatic carbocycles. The van der Waals surface area contributed by atoms with Crippen molar-refractivity contribution in [1.29, 1.82) is 0 Å². The summed E-state index contributed by atoms with van der Waals surface area (Å²) in [5.41, 5.74) is 1.62. The Morgan fingerprint density at radius 1 is 0.739 bits per heavy atom. The summed E-state index contributed by atoms with van der Waals surface area (Å²) in [4.78, 5) is 0. The smallest absolute Gasteiger partial charge is 0.209 e. The largest absolute Gasteiger partial charge is 1.00 e. The molecule has 0 bridgehead atoms. The fourth-order valence-electron chi connectivity index (χ4n) is 2.64. The van der Waals surface area contributed by atoms with E-state index in [1.807, 2.05) is 0 Å². The summed E-state index contributed by atoms with van der Waals surface area (Å²) in [5.74, 6) is 0. The van der Waals surface area contributed by atoms with E-state index in [2.05, 4.69) is 99.6 Å². The van der Waals surface area contributed by atoms with Crippen LogP contribution < -0.4 is 34.8 Å². The summed E-state index contributed by atoms with van der Waals surface area (Å²) in [6.07, 6.45) is 0. The van der Waals surface area contributed by atoms with Crippen LogP contribution >= 0.6 is 7.92 Å². The molecule has 0 nitrogen and oxygen atoms in total. The van der Waals surface area contributed by atoms with Crippen molar-refractivity contribution < 1.29 is 18.9 Å². The van der Waals surface area contributed by atoms with Crippen molar-refractivity contribution in [2.75, 3.05) is 0 Å². The maximum absolute atomic E-state index is 2.39. The van der Waals surface area contributed by atoms with E-state index in [0.29, 0.717) is 0 Å². The predicted octanol–water partition coefficient (Wildman–Crippen LogP) is 1.47. The molecule has 2 heteroatoms. The minimum atomic E-state index is -0.472. The van der Waals surface area contributed by atoms with Gasteiger partial charge in [-0.05, 0) is 10.6 Å². The molecular formula is C21H22LiP. The first-order chi connectivity index (χ1) is 10.6. The van der Waals surface area contributed by atoms with Crippen LogP contribution in [0.1, 0.15) is 26.3 Å². The maximum atomic E-state index is 2.39. The molecule has 0 radical (unpaired) electrons. The van der Waals surface area contributed by atoms with Crippen molar-refractivity contribution in [3.05, 3.63) is 84.4 Å². The monoisotopic (exact) mass is 312 g/mol. The normalized spacial score (nSPS) is 11.3. The molecule has 3 rings (SSSR count). The second-order valence-electron chi connectivity index (χ2n) is 6.61. The first kappa shape index (κ1) is 18.2. The minimum absolute atomic E-state index is 0. The number of rotatable bonds is 3. The van der Waals surface area contributed by atoms with E-state index < -0.39 is 7.92 Å². The molecule has 0 fully saturated rings. The van der Waals surface area contributed by atoms with Gasteiger partial charge in [0.2, 0.25) is 0 Å². The van der Waals surface area contributed by atoms with Gasteiger partial charge in [0.15, 0.2) is 0 Å². The Labute approximate surface area is 153 Å². The third kappa shape index (κ3) is 4.22. The topological polar surface area (TPSA) is 0 Å². The zero-order valence-corrected chi connectivity index (χ0v) is 15.3. The first-order valence-corrected chi connectivity index (χ1v) is 9.07.